The zero-order valence-corrected chi connectivity index (χ0v) is 11.2. The van der Waals surface area contributed by atoms with E-state index in [2.05, 4.69) is 5.32 Å². The maximum atomic E-state index is 8.62. The molecule has 0 spiro atoms. The highest BCUT2D eigenvalue weighted by molar-refractivity contribution is 7.99. The van der Waals surface area contributed by atoms with Gasteiger partial charge < -0.3 is 10.4 Å². The Bertz CT molecular complexity index is 149. The summed E-state index contributed by atoms with van der Waals surface area (Å²) in [7, 11) is 0. The quantitative estimate of drug-likeness (QED) is 0.613. The van der Waals surface area contributed by atoms with Crippen molar-refractivity contribution < 1.29 is 5.11 Å². The van der Waals surface area contributed by atoms with Crippen LogP contribution in [0.3, 0.4) is 0 Å². The van der Waals surface area contributed by atoms with Gasteiger partial charge in [0.15, 0.2) is 0 Å². The fourth-order valence-electron chi connectivity index (χ4n) is 2.32. The molecule has 0 aliphatic heterocycles. The molecule has 2 N–H and O–H groups in total. The number of aliphatic hydroxyl groups is 1. The molecule has 0 radical (unpaired) electrons. The molecule has 16 heavy (non-hydrogen) atoms. The van der Waals surface area contributed by atoms with Crippen LogP contribution in [0.15, 0.2) is 0 Å². The number of hydrogen-bond donors (Lipinski definition) is 2. The van der Waals surface area contributed by atoms with E-state index >= 15 is 0 Å². The van der Waals surface area contributed by atoms with Crippen molar-refractivity contribution >= 4 is 11.8 Å². The Kier molecular flexibility index (Phi) is 9.34. The third-order valence-corrected chi connectivity index (χ3v) is 4.39. The minimum absolute atomic E-state index is 0.335. The molecule has 2 nitrogen and oxygen atoms in total. The Morgan fingerprint density at radius 3 is 2.62 bits per heavy atom. The molecular weight excluding hydrogens is 218 g/mol. The van der Waals surface area contributed by atoms with Gasteiger partial charge in [0.1, 0.15) is 0 Å². The first-order valence-electron chi connectivity index (χ1n) is 6.83. The summed E-state index contributed by atoms with van der Waals surface area (Å²) >= 11 is 1.94. The van der Waals surface area contributed by atoms with Gasteiger partial charge in [-0.1, -0.05) is 32.1 Å². The molecule has 0 unspecified atom stereocenters. The predicted molar refractivity (Wildman–Crippen MR) is 73.1 cm³/mol. The van der Waals surface area contributed by atoms with Crippen LogP contribution in [0.2, 0.25) is 0 Å². The van der Waals surface area contributed by atoms with Crippen molar-refractivity contribution in [2.24, 2.45) is 5.92 Å². The van der Waals surface area contributed by atoms with Crippen LogP contribution in [0.25, 0.3) is 0 Å². The summed E-state index contributed by atoms with van der Waals surface area (Å²) in [5.41, 5.74) is 0. The van der Waals surface area contributed by atoms with Crippen LogP contribution >= 0.6 is 11.8 Å². The third-order valence-electron chi connectivity index (χ3n) is 3.32. The van der Waals surface area contributed by atoms with Crippen LogP contribution < -0.4 is 5.32 Å². The maximum absolute atomic E-state index is 8.62. The molecule has 1 aliphatic carbocycles. The molecule has 0 amide bonds. The average molecular weight is 245 g/mol. The Labute approximate surface area is 105 Å². The third kappa shape index (κ3) is 7.53. The van der Waals surface area contributed by atoms with Crippen molar-refractivity contribution in [2.75, 3.05) is 31.2 Å². The van der Waals surface area contributed by atoms with Gasteiger partial charge >= 0.3 is 0 Å². The van der Waals surface area contributed by atoms with Gasteiger partial charge in [-0.3, -0.25) is 0 Å². The van der Waals surface area contributed by atoms with E-state index in [0.29, 0.717) is 6.61 Å². The molecule has 0 bridgehead atoms. The minimum atomic E-state index is 0.335. The summed E-state index contributed by atoms with van der Waals surface area (Å²) in [5.74, 6) is 3.29. The molecule has 0 aromatic rings. The maximum Gasteiger partial charge on any atom is 0.0438 e. The molecule has 0 atom stereocenters. The van der Waals surface area contributed by atoms with Crippen LogP contribution in [0, 0.1) is 5.92 Å². The molecule has 3 heteroatoms. The number of aliphatic hydroxyl groups excluding tert-OH is 1. The van der Waals surface area contributed by atoms with Crippen LogP contribution in [-0.2, 0) is 0 Å². The zero-order valence-electron chi connectivity index (χ0n) is 10.4. The molecule has 0 saturated heterocycles. The smallest absolute Gasteiger partial charge is 0.0438 e. The Hall–Kier alpha value is 0.270. The molecule has 96 valence electrons. The highest BCUT2D eigenvalue weighted by Gasteiger charge is 2.12. The van der Waals surface area contributed by atoms with Gasteiger partial charge in [-0.15, -0.1) is 0 Å². The van der Waals surface area contributed by atoms with Crippen molar-refractivity contribution in [1.82, 2.24) is 5.32 Å². The molecule has 0 aromatic heterocycles. The monoisotopic (exact) mass is 245 g/mol. The van der Waals surface area contributed by atoms with Crippen LogP contribution in [0.4, 0.5) is 0 Å². The summed E-state index contributed by atoms with van der Waals surface area (Å²) in [4.78, 5) is 0. The summed E-state index contributed by atoms with van der Waals surface area (Å²) in [6.45, 7) is 2.66. The van der Waals surface area contributed by atoms with Gasteiger partial charge in [-0.05, 0) is 31.1 Å². The van der Waals surface area contributed by atoms with Crippen molar-refractivity contribution in [3.63, 3.8) is 0 Å². The van der Waals surface area contributed by atoms with Crippen molar-refractivity contribution in [3.8, 4) is 0 Å². The average Bonchev–Trinajstić information content (AvgIpc) is 2.34. The first kappa shape index (κ1) is 14.3. The topological polar surface area (TPSA) is 32.3 Å². The van der Waals surface area contributed by atoms with E-state index in [0.717, 1.165) is 24.6 Å². The Balaban J connectivity index is 1.77. The van der Waals surface area contributed by atoms with E-state index in [1.165, 1.54) is 50.8 Å². The molecule has 1 fully saturated rings. The summed E-state index contributed by atoms with van der Waals surface area (Å²) in [6, 6.07) is 0. The first-order chi connectivity index (χ1) is 7.93. The van der Waals surface area contributed by atoms with Crippen molar-refractivity contribution in [2.45, 2.75) is 44.9 Å². The lowest BCUT2D eigenvalue weighted by Gasteiger charge is -2.21. The predicted octanol–water partition coefficient (Wildman–Crippen LogP) is 2.66. The number of thioether (sulfide) groups is 1. The van der Waals surface area contributed by atoms with Crippen LogP contribution in [-0.4, -0.2) is 36.3 Å². The van der Waals surface area contributed by atoms with E-state index in [1.54, 1.807) is 0 Å². The molecule has 1 rings (SSSR count). The first-order valence-corrected chi connectivity index (χ1v) is 7.98. The van der Waals surface area contributed by atoms with Gasteiger partial charge in [0.05, 0.1) is 0 Å². The van der Waals surface area contributed by atoms with Crippen LogP contribution in [0.5, 0.6) is 0 Å². The summed E-state index contributed by atoms with van der Waals surface area (Å²) in [6.07, 6.45) is 9.63. The Morgan fingerprint density at radius 1 is 1.06 bits per heavy atom. The summed E-state index contributed by atoms with van der Waals surface area (Å²) < 4.78 is 0. The van der Waals surface area contributed by atoms with Gasteiger partial charge in [-0.2, -0.15) is 11.8 Å². The van der Waals surface area contributed by atoms with Gasteiger partial charge in [0, 0.05) is 18.9 Å². The van der Waals surface area contributed by atoms with Gasteiger partial charge in [-0.25, -0.2) is 0 Å². The van der Waals surface area contributed by atoms with Gasteiger partial charge in [0.25, 0.3) is 0 Å². The lowest BCUT2D eigenvalue weighted by molar-refractivity contribution is 0.296. The molecule has 0 aromatic carbocycles. The van der Waals surface area contributed by atoms with E-state index in [1.807, 2.05) is 11.8 Å². The fraction of sp³-hybridized carbons (Fsp3) is 1.00. The molecule has 0 heterocycles. The van der Waals surface area contributed by atoms with Crippen molar-refractivity contribution in [1.29, 1.82) is 0 Å². The molecule has 1 aliphatic rings. The lowest BCUT2D eigenvalue weighted by Crippen LogP contribution is -2.21. The standard InChI is InChI=1S/C13H27NOS/c15-10-4-11-16-12-9-14-8-7-13-5-2-1-3-6-13/h13-15H,1-12H2. The van der Waals surface area contributed by atoms with Gasteiger partial charge in [0.2, 0.25) is 0 Å². The summed E-state index contributed by atoms with van der Waals surface area (Å²) in [5, 5.41) is 12.1. The Morgan fingerprint density at radius 2 is 1.88 bits per heavy atom. The second-order valence-corrected chi connectivity index (χ2v) is 5.96. The second kappa shape index (κ2) is 10.4. The highest BCUT2D eigenvalue weighted by Crippen LogP contribution is 2.25. The zero-order chi connectivity index (χ0) is 11.5. The van der Waals surface area contributed by atoms with E-state index in [4.69, 9.17) is 5.11 Å². The van der Waals surface area contributed by atoms with Crippen molar-refractivity contribution in [3.05, 3.63) is 0 Å². The number of rotatable bonds is 9. The SMILES string of the molecule is OCCCSCCNCCC1CCCCC1. The molecule has 1 saturated carbocycles. The van der Waals surface area contributed by atoms with E-state index in [-0.39, 0.29) is 0 Å². The fourth-order valence-corrected chi connectivity index (χ4v) is 3.15. The lowest BCUT2D eigenvalue weighted by atomic mass is 9.87. The highest BCUT2D eigenvalue weighted by atomic mass is 32.2. The van der Waals surface area contributed by atoms with Crippen LogP contribution in [0.1, 0.15) is 44.9 Å². The minimum Gasteiger partial charge on any atom is -0.396 e. The number of nitrogens with one attached hydrogen (secondary N) is 1. The molecular formula is C13H27NOS. The van der Waals surface area contributed by atoms with E-state index < -0.39 is 0 Å². The van der Waals surface area contributed by atoms with E-state index in [9.17, 15) is 0 Å². The largest absolute Gasteiger partial charge is 0.396 e. The second-order valence-electron chi connectivity index (χ2n) is 4.73. The normalized spacial score (nSPS) is 17.8. The number of hydrogen-bond acceptors (Lipinski definition) is 3.